The number of hydrogen-bond donors (Lipinski definition) is 2. The number of ether oxygens (including phenoxy) is 2. The van der Waals surface area contributed by atoms with Gasteiger partial charge in [-0.15, -0.1) is 0 Å². The van der Waals surface area contributed by atoms with Crippen LogP contribution in [0.3, 0.4) is 0 Å². The van der Waals surface area contributed by atoms with Gasteiger partial charge in [0.1, 0.15) is 11.5 Å². The maximum absolute atomic E-state index is 12.3. The molecule has 2 aromatic carbocycles. The summed E-state index contributed by atoms with van der Waals surface area (Å²) in [4.78, 5) is 22.9. The summed E-state index contributed by atoms with van der Waals surface area (Å²) in [5.41, 5.74) is 1.47. The number of para-hydroxylation sites is 1. The van der Waals surface area contributed by atoms with Crippen LogP contribution >= 0.6 is 0 Å². The molecule has 0 radical (unpaired) electrons. The number of aliphatic carboxylic acids is 1. The molecule has 0 aromatic heterocycles. The quantitative estimate of drug-likeness (QED) is 0.717. The standard InChI is InChI=1S/C20H23NO5/c1-14(10-11-25-16-6-4-3-5-7-16)20(24)21-18-9-8-17(12-15(18)2)26-13-19(22)23/h3-9,12,14H,10-11,13H2,1-2H3,(H,21,24)(H,22,23). The van der Waals surface area contributed by atoms with Gasteiger partial charge in [-0.05, 0) is 49.2 Å². The van der Waals surface area contributed by atoms with E-state index in [4.69, 9.17) is 14.6 Å². The van der Waals surface area contributed by atoms with Gasteiger partial charge in [0.25, 0.3) is 0 Å². The fourth-order valence-corrected chi connectivity index (χ4v) is 2.27. The molecule has 2 rings (SSSR count). The molecule has 2 aromatic rings. The summed E-state index contributed by atoms with van der Waals surface area (Å²) in [7, 11) is 0. The highest BCUT2D eigenvalue weighted by atomic mass is 16.5. The molecule has 1 amide bonds. The number of amides is 1. The van der Waals surface area contributed by atoms with E-state index in [1.165, 1.54) is 0 Å². The number of nitrogens with one attached hydrogen (secondary N) is 1. The lowest BCUT2D eigenvalue weighted by Crippen LogP contribution is -2.22. The highest BCUT2D eigenvalue weighted by molar-refractivity contribution is 5.93. The van der Waals surface area contributed by atoms with Gasteiger partial charge in [-0.25, -0.2) is 4.79 Å². The topological polar surface area (TPSA) is 84.9 Å². The molecule has 6 heteroatoms. The SMILES string of the molecule is Cc1cc(OCC(=O)O)ccc1NC(=O)C(C)CCOc1ccccc1. The lowest BCUT2D eigenvalue weighted by molar-refractivity contribution is -0.139. The Labute approximate surface area is 152 Å². The van der Waals surface area contributed by atoms with Crippen LogP contribution in [0.1, 0.15) is 18.9 Å². The van der Waals surface area contributed by atoms with Crippen molar-refractivity contribution in [2.75, 3.05) is 18.5 Å². The van der Waals surface area contributed by atoms with Crippen LogP contribution in [0, 0.1) is 12.8 Å². The smallest absolute Gasteiger partial charge is 0.341 e. The van der Waals surface area contributed by atoms with Gasteiger partial charge in [0.05, 0.1) is 6.61 Å². The molecule has 0 fully saturated rings. The van der Waals surface area contributed by atoms with Crippen LogP contribution in [0.25, 0.3) is 0 Å². The summed E-state index contributed by atoms with van der Waals surface area (Å²) in [5.74, 6) is -0.100. The lowest BCUT2D eigenvalue weighted by Gasteiger charge is -2.15. The molecular weight excluding hydrogens is 334 g/mol. The van der Waals surface area contributed by atoms with Crippen LogP contribution in [0.15, 0.2) is 48.5 Å². The largest absolute Gasteiger partial charge is 0.494 e. The Morgan fingerprint density at radius 2 is 1.81 bits per heavy atom. The molecule has 2 N–H and O–H groups in total. The fraction of sp³-hybridized carbons (Fsp3) is 0.300. The second-order valence-corrected chi connectivity index (χ2v) is 6.00. The number of anilines is 1. The van der Waals surface area contributed by atoms with Crippen LogP contribution in [0.5, 0.6) is 11.5 Å². The molecule has 1 unspecified atom stereocenters. The molecule has 0 bridgehead atoms. The number of carbonyl (C=O) groups is 2. The maximum atomic E-state index is 12.3. The zero-order valence-electron chi connectivity index (χ0n) is 14.9. The number of benzene rings is 2. The minimum absolute atomic E-state index is 0.0935. The van der Waals surface area contributed by atoms with E-state index in [9.17, 15) is 9.59 Å². The summed E-state index contributed by atoms with van der Waals surface area (Å²) >= 11 is 0. The minimum Gasteiger partial charge on any atom is -0.494 e. The maximum Gasteiger partial charge on any atom is 0.341 e. The Hall–Kier alpha value is -3.02. The van der Waals surface area contributed by atoms with Crippen molar-refractivity contribution in [3.8, 4) is 11.5 Å². The normalized spacial score (nSPS) is 11.5. The summed E-state index contributed by atoms with van der Waals surface area (Å²) in [5, 5.41) is 11.5. The van der Waals surface area contributed by atoms with Crippen molar-refractivity contribution in [3.05, 3.63) is 54.1 Å². The number of carboxylic acid groups (broad SMARTS) is 1. The molecule has 0 aliphatic carbocycles. The first kappa shape index (κ1) is 19.3. The Balaban J connectivity index is 1.83. The van der Waals surface area contributed by atoms with E-state index in [-0.39, 0.29) is 11.8 Å². The molecule has 0 aliphatic heterocycles. The predicted molar refractivity (Wildman–Crippen MR) is 98.7 cm³/mol. The van der Waals surface area contributed by atoms with Crippen LogP contribution in [0.2, 0.25) is 0 Å². The van der Waals surface area contributed by atoms with Gasteiger partial charge in [0, 0.05) is 11.6 Å². The first-order chi connectivity index (χ1) is 12.5. The van der Waals surface area contributed by atoms with Crippen LogP contribution < -0.4 is 14.8 Å². The van der Waals surface area contributed by atoms with Crippen molar-refractivity contribution >= 4 is 17.6 Å². The van der Waals surface area contributed by atoms with Gasteiger partial charge in [-0.1, -0.05) is 25.1 Å². The van der Waals surface area contributed by atoms with Gasteiger partial charge < -0.3 is 19.9 Å². The molecule has 0 spiro atoms. The van der Waals surface area contributed by atoms with Gasteiger partial charge in [-0.3, -0.25) is 4.79 Å². The predicted octanol–water partition coefficient (Wildman–Crippen LogP) is 3.50. The van der Waals surface area contributed by atoms with E-state index < -0.39 is 12.6 Å². The number of carboxylic acids is 1. The van der Waals surface area contributed by atoms with Crippen molar-refractivity contribution in [1.29, 1.82) is 0 Å². The van der Waals surface area contributed by atoms with E-state index in [2.05, 4.69) is 5.32 Å². The molecule has 0 saturated heterocycles. The van der Waals surface area contributed by atoms with Gasteiger partial charge >= 0.3 is 5.97 Å². The van der Waals surface area contributed by atoms with Crippen molar-refractivity contribution in [2.24, 2.45) is 5.92 Å². The van der Waals surface area contributed by atoms with E-state index >= 15 is 0 Å². The third kappa shape index (κ3) is 6.12. The summed E-state index contributed by atoms with van der Waals surface area (Å²) in [6, 6.07) is 14.5. The summed E-state index contributed by atoms with van der Waals surface area (Å²) < 4.78 is 10.7. The zero-order chi connectivity index (χ0) is 18.9. The lowest BCUT2D eigenvalue weighted by atomic mass is 10.1. The molecular formula is C20H23NO5. The van der Waals surface area contributed by atoms with Gasteiger partial charge in [0.2, 0.25) is 5.91 Å². The molecule has 6 nitrogen and oxygen atoms in total. The van der Waals surface area contributed by atoms with E-state index in [0.29, 0.717) is 24.5 Å². The number of rotatable bonds is 9. The second-order valence-electron chi connectivity index (χ2n) is 6.00. The van der Waals surface area contributed by atoms with E-state index in [1.54, 1.807) is 18.2 Å². The van der Waals surface area contributed by atoms with Gasteiger partial charge in [0.15, 0.2) is 6.61 Å². The van der Waals surface area contributed by atoms with Crippen LogP contribution in [0.4, 0.5) is 5.69 Å². The number of carbonyl (C=O) groups excluding carboxylic acids is 1. The molecule has 138 valence electrons. The Bertz CT molecular complexity index is 745. The fourth-order valence-electron chi connectivity index (χ4n) is 2.27. The second kappa shape index (κ2) is 9.46. The number of hydrogen-bond acceptors (Lipinski definition) is 4. The number of aryl methyl sites for hydroxylation is 1. The highest BCUT2D eigenvalue weighted by Gasteiger charge is 2.14. The molecule has 0 saturated carbocycles. The third-order valence-electron chi connectivity index (χ3n) is 3.83. The third-order valence-corrected chi connectivity index (χ3v) is 3.83. The Morgan fingerprint density at radius 3 is 2.46 bits per heavy atom. The average Bonchev–Trinajstić information content (AvgIpc) is 2.62. The first-order valence-electron chi connectivity index (χ1n) is 8.39. The average molecular weight is 357 g/mol. The highest BCUT2D eigenvalue weighted by Crippen LogP contribution is 2.22. The van der Waals surface area contributed by atoms with Crippen LogP contribution in [-0.2, 0) is 9.59 Å². The van der Waals surface area contributed by atoms with E-state index in [0.717, 1.165) is 11.3 Å². The van der Waals surface area contributed by atoms with Crippen molar-refractivity contribution in [1.82, 2.24) is 0 Å². The van der Waals surface area contributed by atoms with Crippen LogP contribution in [-0.4, -0.2) is 30.2 Å². The molecule has 0 aliphatic rings. The molecule has 26 heavy (non-hydrogen) atoms. The Kier molecular flexibility index (Phi) is 7.02. The van der Waals surface area contributed by atoms with Crippen molar-refractivity contribution in [2.45, 2.75) is 20.3 Å². The van der Waals surface area contributed by atoms with Crippen molar-refractivity contribution < 1.29 is 24.2 Å². The zero-order valence-corrected chi connectivity index (χ0v) is 14.9. The molecule has 0 heterocycles. The minimum atomic E-state index is -1.04. The van der Waals surface area contributed by atoms with Crippen molar-refractivity contribution in [3.63, 3.8) is 0 Å². The summed E-state index contributed by atoms with van der Waals surface area (Å²) in [6.45, 7) is 3.74. The first-order valence-corrected chi connectivity index (χ1v) is 8.39. The van der Waals surface area contributed by atoms with E-state index in [1.807, 2.05) is 44.2 Å². The molecule has 1 atom stereocenters. The van der Waals surface area contributed by atoms with Gasteiger partial charge in [-0.2, -0.15) is 0 Å². The Morgan fingerprint density at radius 1 is 1.08 bits per heavy atom. The summed E-state index contributed by atoms with van der Waals surface area (Å²) in [6.07, 6.45) is 0.597. The monoisotopic (exact) mass is 357 g/mol.